The van der Waals surface area contributed by atoms with Gasteiger partial charge < -0.3 is 19.5 Å². The van der Waals surface area contributed by atoms with Crippen LogP contribution in [0.2, 0.25) is 5.02 Å². The minimum absolute atomic E-state index is 0.0579. The fraction of sp³-hybridized carbons (Fsp3) is 0.158. The minimum atomic E-state index is -4.10. The van der Waals surface area contributed by atoms with Gasteiger partial charge in [-0.1, -0.05) is 11.6 Å². The summed E-state index contributed by atoms with van der Waals surface area (Å²) in [5.74, 6) is -0.132. The number of benzene rings is 2. The molecule has 0 heterocycles. The van der Waals surface area contributed by atoms with Crippen LogP contribution in [0.1, 0.15) is 10.4 Å². The fourth-order valence-corrected chi connectivity index (χ4v) is 3.54. The Balaban J connectivity index is 2.51. The van der Waals surface area contributed by atoms with Gasteiger partial charge in [-0.05, 0) is 24.3 Å². The average Bonchev–Trinajstić information content (AvgIpc) is 2.73. The zero-order valence-corrected chi connectivity index (χ0v) is 17.3. The number of rotatable bonds is 7. The second-order valence-corrected chi connectivity index (χ2v) is 7.82. The van der Waals surface area contributed by atoms with Gasteiger partial charge in [-0.3, -0.25) is 0 Å². The number of hydrogen-bond acceptors (Lipinski definition) is 8. The van der Waals surface area contributed by atoms with E-state index in [0.717, 1.165) is 6.20 Å². The van der Waals surface area contributed by atoms with E-state index < -0.39 is 20.7 Å². The molecular weight excluding hydrogens is 420 g/mol. The summed E-state index contributed by atoms with van der Waals surface area (Å²) in [4.78, 5) is 11.4. The summed E-state index contributed by atoms with van der Waals surface area (Å²) in [6.07, 6.45) is 0.984. The first kappa shape index (κ1) is 22.1. The van der Waals surface area contributed by atoms with Gasteiger partial charge in [0.15, 0.2) is 16.4 Å². The molecule has 0 amide bonds. The van der Waals surface area contributed by atoms with Crippen LogP contribution >= 0.6 is 11.6 Å². The van der Waals surface area contributed by atoms with Crippen LogP contribution in [0.25, 0.3) is 0 Å². The molecule has 0 unspecified atom stereocenters. The number of esters is 1. The maximum atomic E-state index is 12.7. The molecule has 1 N–H and O–H groups in total. The Morgan fingerprint density at radius 1 is 1.10 bits per heavy atom. The number of hydrogen-bond donors (Lipinski definition) is 1. The van der Waals surface area contributed by atoms with E-state index in [1.807, 2.05) is 0 Å². The van der Waals surface area contributed by atoms with Crippen molar-refractivity contribution in [1.29, 1.82) is 5.26 Å². The number of nitrogens with zero attached hydrogens (tertiary/aromatic N) is 1. The SMILES string of the molecule is COC(=O)c1cc(OC)c(OC)cc1NC=C(C#N)S(=O)(=O)c1ccc(Cl)cc1. The Morgan fingerprint density at radius 2 is 1.69 bits per heavy atom. The van der Waals surface area contributed by atoms with Gasteiger partial charge in [0, 0.05) is 23.4 Å². The molecule has 0 fully saturated rings. The molecule has 0 spiro atoms. The number of nitrogens with one attached hydrogen (secondary N) is 1. The summed E-state index contributed by atoms with van der Waals surface area (Å²) in [5.41, 5.74) is 0.219. The molecule has 0 radical (unpaired) electrons. The van der Waals surface area contributed by atoms with Crippen molar-refractivity contribution < 1.29 is 27.4 Å². The van der Waals surface area contributed by atoms with Gasteiger partial charge in [-0.2, -0.15) is 5.26 Å². The second kappa shape index (κ2) is 9.32. The Hall–Kier alpha value is -3.22. The molecule has 2 aromatic rings. The van der Waals surface area contributed by atoms with Gasteiger partial charge in [0.2, 0.25) is 9.84 Å². The predicted molar refractivity (Wildman–Crippen MR) is 107 cm³/mol. The quantitative estimate of drug-likeness (QED) is 0.518. The van der Waals surface area contributed by atoms with Gasteiger partial charge >= 0.3 is 5.97 Å². The molecule has 29 heavy (non-hydrogen) atoms. The molecule has 10 heteroatoms. The number of ether oxygens (including phenoxy) is 3. The number of methoxy groups -OCH3 is 3. The Morgan fingerprint density at radius 3 is 2.21 bits per heavy atom. The van der Waals surface area contributed by atoms with Gasteiger partial charge in [-0.25, -0.2) is 13.2 Å². The summed E-state index contributed by atoms with van der Waals surface area (Å²) < 4.78 is 40.5. The van der Waals surface area contributed by atoms with E-state index in [2.05, 4.69) is 5.32 Å². The van der Waals surface area contributed by atoms with Gasteiger partial charge in [-0.15, -0.1) is 0 Å². The van der Waals surface area contributed by atoms with Gasteiger partial charge in [0.25, 0.3) is 0 Å². The highest BCUT2D eigenvalue weighted by atomic mass is 35.5. The van der Waals surface area contributed by atoms with E-state index in [0.29, 0.717) is 5.02 Å². The van der Waals surface area contributed by atoms with Crippen LogP contribution in [-0.2, 0) is 14.6 Å². The predicted octanol–water partition coefficient (Wildman–Crippen LogP) is 3.39. The van der Waals surface area contributed by atoms with Crippen LogP contribution in [0.5, 0.6) is 11.5 Å². The first-order valence-corrected chi connectivity index (χ1v) is 9.86. The number of carbonyl (C=O) groups excluding carboxylic acids is 1. The van der Waals surface area contributed by atoms with Gasteiger partial charge in [0.05, 0.1) is 37.5 Å². The number of carbonyl (C=O) groups is 1. The number of sulfone groups is 1. The molecule has 0 aliphatic heterocycles. The third-order valence-corrected chi connectivity index (χ3v) is 5.74. The van der Waals surface area contributed by atoms with Crippen LogP contribution in [0.15, 0.2) is 52.4 Å². The molecule has 152 valence electrons. The number of halogens is 1. The molecule has 8 nitrogen and oxygen atoms in total. The van der Waals surface area contributed by atoms with E-state index in [-0.39, 0.29) is 27.6 Å². The average molecular weight is 437 g/mol. The molecule has 0 aliphatic rings. The number of nitriles is 1. The summed E-state index contributed by atoms with van der Waals surface area (Å²) in [6, 6.07) is 9.83. The summed E-state index contributed by atoms with van der Waals surface area (Å²) >= 11 is 5.78. The lowest BCUT2D eigenvalue weighted by Crippen LogP contribution is -2.09. The zero-order chi connectivity index (χ0) is 21.6. The first-order chi connectivity index (χ1) is 13.8. The fourth-order valence-electron chi connectivity index (χ4n) is 2.33. The van der Waals surface area contributed by atoms with E-state index in [1.54, 1.807) is 6.07 Å². The largest absolute Gasteiger partial charge is 0.493 e. The molecule has 2 rings (SSSR count). The van der Waals surface area contributed by atoms with E-state index in [9.17, 15) is 18.5 Å². The Labute approximate surface area is 173 Å². The van der Waals surface area contributed by atoms with Crippen LogP contribution in [0, 0.1) is 11.3 Å². The lowest BCUT2D eigenvalue weighted by atomic mass is 10.1. The third-order valence-electron chi connectivity index (χ3n) is 3.81. The highest BCUT2D eigenvalue weighted by Crippen LogP contribution is 2.34. The van der Waals surface area contributed by atoms with E-state index >= 15 is 0 Å². The smallest absolute Gasteiger partial charge is 0.340 e. The molecule has 0 atom stereocenters. The molecule has 0 saturated carbocycles. The first-order valence-electron chi connectivity index (χ1n) is 8.00. The van der Waals surface area contributed by atoms with Crippen LogP contribution in [0.4, 0.5) is 5.69 Å². The van der Waals surface area contributed by atoms with Crippen molar-refractivity contribution in [3.8, 4) is 17.6 Å². The summed E-state index contributed by atoms with van der Waals surface area (Å²) in [7, 11) is -0.0948. The second-order valence-electron chi connectivity index (χ2n) is 5.47. The maximum absolute atomic E-state index is 12.7. The maximum Gasteiger partial charge on any atom is 0.340 e. The van der Waals surface area contributed by atoms with E-state index in [1.165, 1.54) is 57.7 Å². The molecule has 0 aromatic heterocycles. The van der Waals surface area contributed by atoms with Crippen molar-refractivity contribution in [2.45, 2.75) is 4.90 Å². The van der Waals surface area contributed by atoms with Crippen LogP contribution in [0.3, 0.4) is 0 Å². The summed E-state index contributed by atoms with van der Waals surface area (Å²) in [5, 5.41) is 12.4. The molecule has 0 saturated heterocycles. The molecule has 0 bridgehead atoms. The van der Waals surface area contributed by atoms with Crippen molar-refractivity contribution in [3.63, 3.8) is 0 Å². The Bertz CT molecular complexity index is 1090. The van der Waals surface area contributed by atoms with Crippen molar-refractivity contribution in [2.24, 2.45) is 0 Å². The summed E-state index contributed by atoms with van der Waals surface area (Å²) in [6.45, 7) is 0. The lowest BCUT2D eigenvalue weighted by Gasteiger charge is -2.14. The topological polar surface area (TPSA) is 115 Å². The van der Waals surface area contributed by atoms with E-state index in [4.69, 9.17) is 25.8 Å². The molecule has 2 aromatic carbocycles. The van der Waals surface area contributed by atoms with Gasteiger partial charge in [0.1, 0.15) is 6.07 Å². The normalized spacial score (nSPS) is 11.3. The van der Waals surface area contributed by atoms with Crippen LogP contribution < -0.4 is 14.8 Å². The lowest BCUT2D eigenvalue weighted by molar-refractivity contribution is 0.0601. The van der Waals surface area contributed by atoms with Crippen molar-refractivity contribution >= 4 is 33.1 Å². The highest BCUT2D eigenvalue weighted by molar-refractivity contribution is 7.95. The minimum Gasteiger partial charge on any atom is -0.493 e. The van der Waals surface area contributed by atoms with Crippen molar-refractivity contribution in [2.75, 3.05) is 26.6 Å². The van der Waals surface area contributed by atoms with Crippen LogP contribution in [-0.4, -0.2) is 35.7 Å². The number of anilines is 1. The standard InChI is InChI=1S/C19H17ClN2O6S/c1-26-17-8-15(19(23)28-3)16(9-18(17)27-2)22-11-14(10-21)29(24,25)13-6-4-12(20)5-7-13/h4-9,11,22H,1-3H3. The third kappa shape index (κ3) is 4.80. The Kier molecular flexibility index (Phi) is 7.09. The number of allylic oxidation sites excluding steroid dienone is 1. The van der Waals surface area contributed by atoms with Crippen molar-refractivity contribution in [3.05, 3.63) is 58.1 Å². The van der Waals surface area contributed by atoms with Crippen molar-refractivity contribution in [1.82, 2.24) is 0 Å². The highest BCUT2D eigenvalue weighted by Gasteiger charge is 2.22. The monoisotopic (exact) mass is 436 g/mol. The molecule has 0 aliphatic carbocycles. The molecular formula is C19H17ClN2O6S. The zero-order valence-electron chi connectivity index (χ0n) is 15.7.